The minimum Gasteiger partial charge on any atom is -0.353 e. The Kier molecular flexibility index (Phi) is 7.57. The minimum absolute atomic E-state index is 0. The molecule has 1 heterocycles. The summed E-state index contributed by atoms with van der Waals surface area (Å²) < 4.78 is 0. The average Bonchev–Trinajstić information content (AvgIpc) is 3.41. The molecule has 1 aliphatic carbocycles. The van der Waals surface area contributed by atoms with Crippen LogP contribution in [0.5, 0.6) is 0 Å². The second-order valence-electron chi connectivity index (χ2n) is 7.47. The molecule has 2 atom stereocenters. The Labute approximate surface area is 152 Å². The topological polar surface area (TPSA) is 41.1 Å². The van der Waals surface area contributed by atoms with Crippen molar-refractivity contribution < 1.29 is 4.79 Å². The molecule has 1 saturated heterocycles. The third-order valence-electron chi connectivity index (χ3n) is 5.53. The highest BCUT2D eigenvalue weighted by molar-refractivity contribution is 5.85. The summed E-state index contributed by atoms with van der Waals surface area (Å²) >= 11 is 0. The van der Waals surface area contributed by atoms with Crippen molar-refractivity contribution >= 4 is 18.3 Å². The number of hydrogen-bond donors (Lipinski definition) is 2. The van der Waals surface area contributed by atoms with E-state index in [9.17, 15) is 4.79 Å². The molecule has 1 aliphatic heterocycles. The summed E-state index contributed by atoms with van der Waals surface area (Å²) in [5, 5.41) is 6.75. The molecule has 0 bridgehead atoms. The number of carbonyl (C=O) groups is 1. The van der Waals surface area contributed by atoms with Crippen molar-refractivity contribution in [2.75, 3.05) is 13.1 Å². The second-order valence-corrected chi connectivity index (χ2v) is 7.47. The van der Waals surface area contributed by atoms with Crippen molar-refractivity contribution in [1.29, 1.82) is 0 Å². The largest absolute Gasteiger partial charge is 0.353 e. The van der Waals surface area contributed by atoms with Crippen molar-refractivity contribution in [2.45, 2.75) is 51.5 Å². The van der Waals surface area contributed by atoms with E-state index in [1.165, 1.54) is 31.2 Å². The number of carbonyl (C=O) groups excluding carboxylic acids is 1. The van der Waals surface area contributed by atoms with E-state index >= 15 is 0 Å². The van der Waals surface area contributed by atoms with Gasteiger partial charge in [-0.3, -0.25) is 4.79 Å². The Morgan fingerprint density at radius 3 is 2.42 bits per heavy atom. The standard InChI is InChI=1S/C20H30N2O.ClH/c1-15(17-9-11-21-12-10-17)13-20(23)22-19(18-7-8-18)14-16-5-3-2-4-6-16;/h2-6,15,17-19,21H,7-14H2,1H3,(H,22,23);1H. The number of piperidine rings is 1. The highest BCUT2D eigenvalue weighted by atomic mass is 35.5. The lowest BCUT2D eigenvalue weighted by molar-refractivity contribution is -0.123. The van der Waals surface area contributed by atoms with Gasteiger partial charge < -0.3 is 10.6 Å². The molecule has 0 radical (unpaired) electrons. The molecule has 3 rings (SSSR count). The Morgan fingerprint density at radius 2 is 1.79 bits per heavy atom. The monoisotopic (exact) mass is 350 g/mol. The first-order valence-electron chi connectivity index (χ1n) is 9.26. The van der Waals surface area contributed by atoms with Crippen LogP contribution in [-0.4, -0.2) is 25.0 Å². The van der Waals surface area contributed by atoms with Gasteiger partial charge in [-0.05, 0) is 68.5 Å². The van der Waals surface area contributed by atoms with E-state index in [4.69, 9.17) is 0 Å². The highest BCUT2D eigenvalue weighted by Gasteiger charge is 2.32. The molecule has 0 spiro atoms. The van der Waals surface area contributed by atoms with Gasteiger partial charge in [-0.25, -0.2) is 0 Å². The minimum atomic E-state index is 0. The van der Waals surface area contributed by atoms with Gasteiger partial charge in [0, 0.05) is 12.5 Å². The number of amides is 1. The normalized spacial score (nSPS) is 20.7. The summed E-state index contributed by atoms with van der Waals surface area (Å²) in [6.45, 7) is 4.46. The van der Waals surface area contributed by atoms with Crippen LogP contribution in [0, 0.1) is 17.8 Å². The van der Waals surface area contributed by atoms with E-state index in [-0.39, 0.29) is 18.3 Å². The maximum Gasteiger partial charge on any atom is 0.220 e. The summed E-state index contributed by atoms with van der Waals surface area (Å²) in [5.74, 6) is 2.14. The first-order valence-corrected chi connectivity index (χ1v) is 9.26. The van der Waals surface area contributed by atoms with Crippen LogP contribution in [0.25, 0.3) is 0 Å². The lowest BCUT2D eigenvalue weighted by Gasteiger charge is -2.28. The van der Waals surface area contributed by atoms with Gasteiger partial charge in [0.05, 0.1) is 0 Å². The van der Waals surface area contributed by atoms with E-state index in [2.05, 4.69) is 47.9 Å². The number of nitrogens with one attached hydrogen (secondary N) is 2. The van der Waals surface area contributed by atoms with Crippen LogP contribution in [0.2, 0.25) is 0 Å². The number of benzene rings is 1. The van der Waals surface area contributed by atoms with Gasteiger partial charge in [-0.2, -0.15) is 0 Å². The van der Waals surface area contributed by atoms with E-state index in [0.717, 1.165) is 19.5 Å². The number of rotatable bonds is 7. The van der Waals surface area contributed by atoms with E-state index in [1.54, 1.807) is 0 Å². The van der Waals surface area contributed by atoms with Crippen LogP contribution >= 0.6 is 12.4 Å². The van der Waals surface area contributed by atoms with Gasteiger partial charge in [0.25, 0.3) is 0 Å². The fourth-order valence-electron chi connectivity index (χ4n) is 3.84. The molecule has 1 aromatic rings. The molecule has 2 fully saturated rings. The van der Waals surface area contributed by atoms with Crippen LogP contribution < -0.4 is 10.6 Å². The van der Waals surface area contributed by atoms with Crippen molar-refractivity contribution in [3.05, 3.63) is 35.9 Å². The van der Waals surface area contributed by atoms with E-state index in [1.807, 2.05) is 0 Å². The fourth-order valence-corrected chi connectivity index (χ4v) is 3.84. The molecule has 3 nitrogen and oxygen atoms in total. The summed E-state index contributed by atoms with van der Waals surface area (Å²) in [7, 11) is 0. The lowest BCUT2D eigenvalue weighted by atomic mass is 9.84. The van der Waals surface area contributed by atoms with Crippen LogP contribution in [0.3, 0.4) is 0 Å². The molecule has 1 saturated carbocycles. The van der Waals surface area contributed by atoms with Crippen molar-refractivity contribution in [3.8, 4) is 0 Å². The van der Waals surface area contributed by atoms with Crippen LogP contribution in [0.4, 0.5) is 0 Å². The molecule has 2 aliphatic rings. The zero-order chi connectivity index (χ0) is 16.1. The summed E-state index contributed by atoms with van der Waals surface area (Å²) in [4.78, 5) is 12.5. The Morgan fingerprint density at radius 1 is 1.12 bits per heavy atom. The third kappa shape index (κ3) is 5.78. The summed E-state index contributed by atoms with van der Waals surface area (Å²) in [6, 6.07) is 10.9. The maximum absolute atomic E-state index is 12.5. The molecular weight excluding hydrogens is 320 g/mol. The summed E-state index contributed by atoms with van der Waals surface area (Å²) in [6.07, 6.45) is 6.61. The zero-order valence-corrected chi connectivity index (χ0v) is 15.5. The molecule has 1 aromatic carbocycles. The quantitative estimate of drug-likeness (QED) is 0.789. The Balaban J connectivity index is 0.00000208. The smallest absolute Gasteiger partial charge is 0.220 e. The molecule has 1 amide bonds. The van der Waals surface area contributed by atoms with Gasteiger partial charge in [-0.15, -0.1) is 12.4 Å². The molecule has 134 valence electrons. The first kappa shape index (κ1) is 19.3. The molecule has 4 heteroatoms. The highest BCUT2D eigenvalue weighted by Crippen LogP contribution is 2.34. The van der Waals surface area contributed by atoms with Gasteiger partial charge >= 0.3 is 0 Å². The van der Waals surface area contributed by atoms with Crippen molar-refractivity contribution in [1.82, 2.24) is 10.6 Å². The van der Waals surface area contributed by atoms with Gasteiger partial charge in [-0.1, -0.05) is 37.3 Å². The average molecular weight is 351 g/mol. The second kappa shape index (κ2) is 9.43. The van der Waals surface area contributed by atoms with Crippen LogP contribution in [0.1, 0.15) is 44.6 Å². The predicted molar refractivity (Wildman–Crippen MR) is 101 cm³/mol. The molecule has 2 N–H and O–H groups in total. The number of hydrogen-bond acceptors (Lipinski definition) is 2. The third-order valence-corrected chi connectivity index (χ3v) is 5.53. The lowest BCUT2D eigenvalue weighted by Crippen LogP contribution is -2.40. The van der Waals surface area contributed by atoms with Crippen molar-refractivity contribution in [3.63, 3.8) is 0 Å². The zero-order valence-electron chi connectivity index (χ0n) is 14.7. The molecule has 0 aromatic heterocycles. The predicted octanol–water partition coefficient (Wildman–Crippen LogP) is 3.57. The number of halogens is 1. The van der Waals surface area contributed by atoms with Gasteiger partial charge in [0.2, 0.25) is 5.91 Å². The van der Waals surface area contributed by atoms with E-state index in [0.29, 0.717) is 30.2 Å². The Hall–Kier alpha value is -1.06. The molecule has 2 unspecified atom stereocenters. The summed E-state index contributed by atoms with van der Waals surface area (Å²) in [5.41, 5.74) is 1.33. The van der Waals surface area contributed by atoms with Gasteiger partial charge in [0.15, 0.2) is 0 Å². The van der Waals surface area contributed by atoms with Crippen LogP contribution in [-0.2, 0) is 11.2 Å². The molecule has 24 heavy (non-hydrogen) atoms. The fraction of sp³-hybridized carbons (Fsp3) is 0.650. The SMILES string of the molecule is CC(CC(=O)NC(Cc1ccccc1)C1CC1)C1CCNCC1.Cl. The van der Waals surface area contributed by atoms with Crippen molar-refractivity contribution in [2.24, 2.45) is 17.8 Å². The Bertz CT molecular complexity index is 498. The molecular formula is C20H31ClN2O. The van der Waals surface area contributed by atoms with E-state index < -0.39 is 0 Å². The first-order chi connectivity index (χ1) is 11.2. The maximum atomic E-state index is 12.5. The van der Waals surface area contributed by atoms with Crippen LogP contribution in [0.15, 0.2) is 30.3 Å². The van der Waals surface area contributed by atoms with Gasteiger partial charge in [0.1, 0.15) is 0 Å².